The van der Waals surface area contributed by atoms with E-state index in [1.165, 1.54) is 23.7 Å². The summed E-state index contributed by atoms with van der Waals surface area (Å²) in [6.07, 6.45) is 0. The minimum Gasteiger partial charge on any atom is -0.370 e. The number of aromatic nitrogens is 2. The van der Waals surface area contributed by atoms with Crippen molar-refractivity contribution >= 4 is 39.1 Å². The van der Waals surface area contributed by atoms with Gasteiger partial charge in [-0.05, 0) is 0 Å². The number of aliphatic imine (C=N–C) groups is 1. The van der Waals surface area contributed by atoms with Crippen LogP contribution in [0.1, 0.15) is 29.0 Å². The fourth-order valence-electron chi connectivity index (χ4n) is 3.76. The molecule has 3 amide bonds. The zero-order chi connectivity index (χ0) is 24.0. The lowest BCUT2D eigenvalue weighted by molar-refractivity contribution is -0.134. The fraction of sp³-hybridized carbons (Fsp3) is 0.600. The number of nitrogens with zero attached hydrogens (tertiary/aromatic N) is 6. The van der Waals surface area contributed by atoms with Gasteiger partial charge in [-0.25, -0.2) is 4.79 Å². The topological polar surface area (TPSA) is 207 Å². The van der Waals surface area contributed by atoms with Crippen molar-refractivity contribution in [3.8, 4) is 0 Å². The van der Waals surface area contributed by atoms with Crippen molar-refractivity contribution in [2.45, 2.75) is 17.8 Å². The van der Waals surface area contributed by atoms with Crippen molar-refractivity contribution in [3.05, 3.63) is 17.0 Å². The van der Waals surface area contributed by atoms with E-state index in [-0.39, 0.29) is 30.6 Å². The lowest BCUT2D eigenvalue weighted by Gasteiger charge is -2.32. The highest BCUT2D eigenvalue weighted by Crippen LogP contribution is 2.46. The molecular weight excluding hydrogens is 468 g/mol. The maximum Gasteiger partial charge on any atom is 0.418 e. The summed E-state index contributed by atoms with van der Waals surface area (Å²) in [6.45, 7) is 0.0321. The minimum absolute atomic E-state index is 0.0591. The Bertz CT molecular complexity index is 1100. The number of hydrogen-bond acceptors (Lipinski definition) is 8. The SMILES string of the molecule is CN(C)C(=O)C1c2c(c(CS(=O)CCN=C(N)N)nn2C)C2CN1C(=O)N2OS(=O)(=O)O. The third kappa shape index (κ3) is 4.54. The van der Waals surface area contributed by atoms with Crippen molar-refractivity contribution in [2.24, 2.45) is 23.5 Å². The third-order valence-corrected chi connectivity index (χ3v) is 6.54. The fourth-order valence-corrected chi connectivity index (χ4v) is 5.08. The van der Waals surface area contributed by atoms with Crippen LogP contribution in [0.3, 0.4) is 0 Å². The monoisotopic (exact) mass is 492 g/mol. The molecule has 2 bridgehead atoms. The van der Waals surface area contributed by atoms with Crippen LogP contribution in [0.2, 0.25) is 0 Å². The van der Waals surface area contributed by atoms with Crippen molar-refractivity contribution in [2.75, 3.05) is 32.9 Å². The lowest BCUT2D eigenvalue weighted by Crippen LogP contribution is -2.44. The zero-order valence-electron chi connectivity index (χ0n) is 17.5. The Morgan fingerprint density at radius 1 is 1.41 bits per heavy atom. The number of rotatable bonds is 8. The normalized spacial score (nSPS) is 20.8. The molecule has 0 aromatic carbocycles. The van der Waals surface area contributed by atoms with Crippen LogP contribution < -0.4 is 11.5 Å². The van der Waals surface area contributed by atoms with E-state index >= 15 is 0 Å². The minimum atomic E-state index is -5.03. The Hall–Kier alpha value is -2.76. The van der Waals surface area contributed by atoms with Crippen molar-refractivity contribution in [1.29, 1.82) is 0 Å². The number of hydrogen-bond donors (Lipinski definition) is 3. The highest BCUT2D eigenvalue weighted by molar-refractivity contribution is 7.84. The molecule has 1 aromatic rings. The lowest BCUT2D eigenvalue weighted by atomic mass is 9.95. The summed E-state index contributed by atoms with van der Waals surface area (Å²) in [7, 11) is -1.91. The second-order valence-corrected chi connectivity index (χ2v) is 9.96. The first-order valence-corrected chi connectivity index (χ1v) is 12.1. The summed E-state index contributed by atoms with van der Waals surface area (Å²) in [5, 5.41) is 4.87. The standard InChI is InChI=1S/C15H24N8O7S2/c1-20(2)13(24)12-11-10(9-6-22(12)15(25)23(9)30-32(27,28)29)8(19-21(11)3)7-31(26)5-4-18-14(16)17/h9,12H,4-7H2,1-3H3,(H4,16,17,18)(H,27,28,29). The summed E-state index contributed by atoms with van der Waals surface area (Å²) in [5.41, 5.74) is 11.5. The Morgan fingerprint density at radius 2 is 2.06 bits per heavy atom. The van der Waals surface area contributed by atoms with E-state index in [1.807, 2.05) is 0 Å². The Morgan fingerprint density at radius 3 is 2.62 bits per heavy atom. The van der Waals surface area contributed by atoms with Gasteiger partial charge in [0.15, 0.2) is 12.0 Å². The smallest absolute Gasteiger partial charge is 0.370 e. The van der Waals surface area contributed by atoms with E-state index in [9.17, 15) is 22.2 Å². The van der Waals surface area contributed by atoms with Gasteiger partial charge in [0.2, 0.25) is 0 Å². The van der Waals surface area contributed by atoms with Crippen LogP contribution in [0.5, 0.6) is 0 Å². The van der Waals surface area contributed by atoms with Crippen LogP contribution in [0, 0.1) is 0 Å². The summed E-state index contributed by atoms with van der Waals surface area (Å²) in [4.78, 5) is 32.0. The van der Waals surface area contributed by atoms with Crippen LogP contribution >= 0.6 is 0 Å². The van der Waals surface area contributed by atoms with Crippen molar-refractivity contribution in [3.63, 3.8) is 0 Å². The first kappa shape index (κ1) is 23.9. The van der Waals surface area contributed by atoms with Gasteiger partial charge in [0.25, 0.3) is 5.91 Å². The van der Waals surface area contributed by atoms with Crippen LogP contribution in [-0.2, 0) is 43.1 Å². The second-order valence-electron chi connectivity index (χ2n) is 7.38. The molecule has 15 nitrogen and oxygen atoms in total. The van der Waals surface area contributed by atoms with Gasteiger partial charge in [0.05, 0.1) is 30.2 Å². The van der Waals surface area contributed by atoms with Crippen molar-refractivity contribution in [1.82, 2.24) is 24.6 Å². The number of carbonyl (C=O) groups excluding carboxylic acids is 2. The Kier molecular flexibility index (Phi) is 6.45. The number of hydroxylamine groups is 2. The molecule has 32 heavy (non-hydrogen) atoms. The number of fused-ring (bicyclic) bond motifs is 4. The largest absolute Gasteiger partial charge is 0.418 e. The molecule has 1 saturated heterocycles. The van der Waals surface area contributed by atoms with Gasteiger partial charge < -0.3 is 21.3 Å². The number of nitrogens with two attached hydrogens (primary N) is 2. The maximum atomic E-state index is 12.9. The molecular formula is C15H24N8O7S2. The molecule has 0 spiro atoms. The molecule has 1 aromatic heterocycles. The highest BCUT2D eigenvalue weighted by atomic mass is 32.3. The predicted molar refractivity (Wildman–Crippen MR) is 111 cm³/mol. The van der Waals surface area contributed by atoms with Crippen LogP contribution in [0.4, 0.5) is 4.79 Å². The van der Waals surface area contributed by atoms with Gasteiger partial charge in [-0.1, -0.05) is 0 Å². The average molecular weight is 493 g/mol. The molecule has 3 atom stereocenters. The van der Waals surface area contributed by atoms with E-state index in [0.29, 0.717) is 22.0 Å². The molecule has 3 heterocycles. The summed E-state index contributed by atoms with van der Waals surface area (Å²) in [6, 6.07) is -3.02. The number of amides is 3. The number of likely N-dealkylation sites (N-methyl/N-ethyl adjacent to an activating group) is 1. The van der Waals surface area contributed by atoms with E-state index < -0.39 is 45.2 Å². The molecule has 3 unspecified atom stereocenters. The number of carbonyl (C=O) groups is 2. The molecule has 3 rings (SSSR count). The van der Waals surface area contributed by atoms with Gasteiger partial charge in [0, 0.05) is 43.3 Å². The number of aryl methyl sites for hydroxylation is 1. The number of urea groups is 1. The van der Waals surface area contributed by atoms with Crippen LogP contribution in [0.15, 0.2) is 4.99 Å². The van der Waals surface area contributed by atoms with Crippen molar-refractivity contribution < 1.29 is 31.1 Å². The van der Waals surface area contributed by atoms with Gasteiger partial charge in [-0.15, -0.1) is 4.28 Å². The van der Waals surface area contributed by atoms with Crippen LogP contribution in [-0.4, -0.2) is 92.7 Å². The molecule has 0 saturated carbocycles. The third-order valence-electron chi connectivity index (χ3n) is 4.96. The summed E-state index contributed by atoms with van der Waals surface area (Å²) in [5.74, 6) is -0.513. The van der Waals surface area contributed by atoms with E-state index in [0.717, 1.165) is 4.90 Å². The predicted octanol–water partition coefficient (Wildman–Crippen LogP) is -2.40. The molecule has 2 aliphatic rings. The molecule has 5 N–H and O–H groups in total. The molecule has 0 aliphatic carbocycles. The highest BCUT2D eigenvalue weighted by Gasteiger charge is 2.55. The van der Waals surface area contributed by atoms with E-state index in [4.69, 9.17) is 16.0 Å². The first-order valence-electron chi connectivity index (χ1n) is 9.25. The summed E-state index contributed by atoms with van der Waals surface area (Å²) >= 11 is 0. The molecule has 0 radical (unpaired) electrons. The Labute approximate surface area is 186 Å². The van der Waals surface area contributed by atoms with Gasteiger partial charge in [-0.2, -0.15) is 18.6 Å². The number of guanidine groups is 1. The summed E-state index contributed by atoms with van der Waals surface area (Å²) < 4.78 is 50.3. The van der Waals surface area contributed by atoms with Crippen LogP contribution in [0.25, 0.3) is 0 Å². The average Bonchev–Trinajstić information content (AvgIpc) is 3.11. The molecule has 2 aliphatic heterocycles. The van der Waals surface area contributed by atoms with Gasteiger partial charge in [-0.3, -0.25) is 23.2 Å². The van der Waals surface area contributed by atoms with Gasteiger partial charge in [0.1, 0.15) is 6.04 Å². The van der Waals surface area contributed by atoms with E-state index in [2.05, 4.69) is 14.4 Å². The van der Waals surface area contributed by atoms with Gasteiger partial charge >= 0.3 is 16.4 Å². The second kappa shape index (κ2) is 8.64. The Balaban J connectivity index is 2.05. The molecule has 178 valence electrons. The molecule has 1 fully saturated rings. The maximum absolute atomic E-state index is 12.9. The quantitative estimate of drug-likeness (QED) is 0.199. The zero-order valence-corrected chi connectivity index (χ0v) is 19.2. The van der Waals surface area contributed by atoms with E-state index in [1.54, 1.807) is 7.05 Å². The first-order chi connectivity index (χ1) is 14.8. The molecule has 17 heteroatoms.